The van der Waals surface area contributed by atoms with Crippen LogP contribution < -0.4 is 5.32 Å². The summed E-state index contributed by atoms with van der Waals surface area (Å²) < 4.78 is 5.57. The Bertz CT molecular complexity index is 356. The van der Waals surface area contributed by atoms with Gasteiger partial charge in [0, 0.05) is 6.04 Å². The van der Waals surface area contributed by atoms with E-state index in [1.54, 1.807) is 0 Å². The van der Waals surface area contributed by atoms with E-state index >= 15 is 0 Å². The second kappa shape index (κ2) is 3.95. The van der Waals surface area contributed by atoms with Gasteiger partial charge in [-0.25, -0.2) is 0 Å². The molecule has 1 N–H and O–H groups in total. The average Bonchev–Trinajstić information content (AvgIpc) is 2.82. The van der Waals surface area contributed by atoms with Gasteiger partial charge in [0.05, 0.1) is 13.2 Å². The summed E-state index contributed by atoms with van der Waals surface area (Å²) in [5.74, 6) is 0. The fourth-order valence-electron chi connectivity index (χ4n) is 2.70. The van der Waals surface area contributed by atoms with Crippen molar-refractivity contribution in [1.29, 1.82) is 0 Å². The fraction of sp³-hybridized carbons (Fsp3) is 0.538. The third-order valence-corrected chi connectivity index (χ3v) is 3.51. The molecule has 0 amide bonds. The number of ether oxygens (including phenoxy) is 1. The van der Waals surface area contributed by atoms with Gasteiger partial charge < -0.3 is 10.1 Å². The van der Waals surface area contributed by atoms with Gasteiger partial charge in [0.25, 0.3) is 0 Å². The summed E-state index contributed by atoms with van der Waals surface area (Å²) in [5.41, 5.74) is 4.42. The Morgan fingerprint density at radius 3 is 3.20 bits per heavy atom. The number of hydrogen-bond acceptors (Lipinski definition) is 2. The van der Waals surface area contributed by atoms with Crippen LogP contribution in [0.15, 0.2) is 18.2 Å². The molecule has 3 rings (SSSR count). The lowest BCUT2D eigenvalue weighted by Crippen LogP contribution is -2.18. The molecule has 1 saturated heterocycles. The molecular formula is C13H17NO. The van der Waals surface area contributed by atoms with Gasteiger partial charge in [-0.1, -0.05) is 18.2 Å². The zero-order valence-electron chi connectivity index (χ0n) is 8.96. The Balaban J connectivity index is 1.99. The molecule has 2 aliphatic heterocycles. The van der Waals surface area contributed by atoms with Crippen molar-refractivity contribution in [3.8, 4) is 0 Å². The van der Waals surface area contributed by atoms with Gasteiger partial charge in [-0.15, -0.1) is 0 Å². The van der Waals surface area contributed by atoms with Gasteiger partial charge in [-0.05, 0) is 42.5 Å². The molecule has 1 fully saturated rings. The van der Waals surface area contributed by atoms with Crippen LogP contribution in [0.3, 0.4) is 0 Å². The number of nitrogens with one attached hydrogen (secondary N) is 1. The molecule has 0 bridgehead atoms. The van der Waals surface area contributed by atoms with Crippen LogP contribution in [0.4, 0.5) is 0 Å². The average molecular weight is 203 g/mol. The van der Waals surface area contributed by atoms with E-state index in [2.05, 4.69) is 23.5 Å². The normalized spacial score (nSPS) is 25.2. The standard InChI is InChI=1S/C13H17NO/c1-3-10-6-8-15-9-12(10)11(4-1)13-5-2-7-14-13/h1,3-4,13-14H,2,5-9H2. The Morgan fingerprint density at radius 1 is 1.33 bits per heavy atom. The van der Waals surface area contributed by atoms with E-state index in [1.165, 1.54) is 29.5 Å². The highest BCUT2D eigenvalue weighted by molar-refractivity contribution is 5.38. The van der Waals surface area contributed by atoms with Crippen LogP contribution in [-0.2, 0) is 17.8 Å². The predicted molar refractivity (Wildman–Crippen MR) is 59.8 cm³/mol. The lowest BCUT2D eigenvalue weighted by atomic mass is 9.93. The lowest BCUT2D eigenvalue weighted by Gasteiger charge is -2.22. The molecule has 2 nitrogen and oxygen atoms in total. The summed E-state index contributed by atoms with van der Waals surface area (Å²) in [5, 5.41) is 3.57. The van der Waals surface area contributed by atoms with Crippen molar-refractivity contribution in [2.45, 2.75) is 31.9 Å². The predicted octanol–water partition coefficient (Wildman–Crippen LogP) is 2.18. The third-order valence-electron chi connectivity index (χ3n) is 3.51. The van der Waals surface area contributed by atoms with E-state index in [1.807, 2.05) is 0 Å². The van der Waals surface area contributed by atoms with Crippen molar-refractivity contribution in [2.24, 2.45) is 0 Å². The Hall–Kier alpha value is -0.860. The summed E-state index contributed by atoms with van der Waals surface area (Å²) in [4.78, 5) is 0. The number of hydrogen-bond donors (Lipinski definition) is 1. The van der Waals surface area contributed by atoms with E-state index in [0.717, 1.165) is 26.2 Å². The van der Waals surface area contributed by atoms with Crippen LogP contribution in [0.1, 0.15) is 35.6 Å². The molecular weight excluding hydrogens is 186 g/mol. The van der Waals surface area contributed by atoms with Gasteiger partial charge >= 0.3 is 0 Å². The van der Waals surface area contributed by atoms with Crippen LogP contribution in [0, 0.1) is 0 Å². The second-order valence-electron chi connectivity index (χ2n) is 4.44. The quantitative estimate of drug-likeness (QED) is 0.755. The molecule has 2 heterocycles. The molecule has 1 atom stereocenters. The molecule has 1 aromatic carbocycles. The smallest absolute Gasteiger partial charge is 0.0722 e. The zero-order valence-corrected chi connectivity index (χ0v) is 8.96. The molecule has 0 saturated carbocycles. The van der Waals surface area contributed by atoms with Gasteiger partial charge in [-0.3, -0.25) is 0 Å². The first-order chi connectivity index (χ1) is 7.45. The minimum atomic E-state index is 0.571. The van der Waals surface area contributed by atoms with Gasteiger partial charge in [0.15, 0.2) is 0 Å². The van der Waals surface area contributed by atoms with Gasteiger partial charge in [-0.2, -0.15) is 0 Å². The first-order valence-corrected chi connectivity index (χ1v) is 5.87. The lowest BCUT2D eigenvalue weighted by molar-refractivity contribution is 0.109. The minimum absolute atomic E-state index is 0.571. The number of benzene rings is 1. The van der Waals surface area contributed by atoms with Gasteiger partial charge in [0.1, 0.15) is 0 Å². The molecule has 1 aromatic rings. The minimum Gasteiger partial charge on any atom is -0.376 e. The van der Waals surface area contributed by atoms with Crippen molar-refractivity contribution >= 4 is 0 Å². The number of fused-ring (bicyclic) bond motifs is 1. The zero-order chi connectivity index (χ0) is 10.1. The van der Waals surface area contributed by atoms with Crippen LogP contribution >= 0.6 is 0 Å². The number of rotatable bonds is 1. The molecule has 15 heavy (non-hydrogen) atoms. The maximum absolute atomic E-state index is 5.57. The fourth-order valence-corrected chi connectivity index (χ4v) is 2.70. The SMILES string of the molecule is c1cc2c(c(C3CCCN3)c1)COCC2. The summed E-state index contributed by atoms with van der Waals surface area (Å²) in [6.45, 7) is 2.85. The van der Waals surface area contributed by atoms with E-state index in [9.17, 15) is 0 Å². The molecule has 0 aromatic heterocycles. The Kier molecular flexibility index (Phi) is 2.47. The second-order valence-corrected chi connectivity index (χ2v) is 4.44. The van der Waals surface area contributed by atoms with E-state index in [-0.39, 0.29) is 0 Å². The first kappa shape index (κ1) is 9.37. The van der Waals surface area contributed by atoms with Crippen LogP contribution in [0.25, 0.3) is 0 Å². The van der Waals surface area contributed by atoms with Crippen LogP contribution in [0.5, 0.6) is 0 Å². The molecule has 0 spiro atoms. The maximum atomic E-state index is 5.57. The molecule has 1 unspecified atom stereocenters. The van der Waals surface area contributed by atoms with E-state index in [4.69, 9.17) is 4.74 Å². The van der Waals surface area contributed by atoms with Crippen molar-refractivity contribution in [3.63, 3.8) is 0 Å². The van der Waals surface area contributed by atoms with Crippen molar-refractivity contribution in [1.82, 2.24) is 5.32 Å². The topological polar surface area (TPSA) is 21.3 Å². The molecule has 2 aliphatic rings. The third kappa shape index (κ3) is 1.68. The molecule has 80 valence electrons. The maximum Gasteiger partial charge on any atom is 0.0722 e. The summed E-state index contributed by atoms with van der Waals surface area (Å²) >= 11 is 0. The van der Waals surface area contributed by atoms with Crippen molar-refractivity contribution in [3.05, 3.63) is 34.9 Å². The molecule has 0 aliphatic carbocycles. The highest BCUT2D eigenvalue weighted by Crippen LogP contribution is 2.30. The summed E-state index contributed by atoms with van der Waals surface area (Å²) in [7, 11) is 0. The first-order valence-electron chi connectivity index (χ1n) is 5.87. The highest BCUT2D eigenvalue weighted by atomic mass is 16.5. The van der Waals surface area contributed by atoms with Crippen LogP contribution in [0.2, 0.25) is 0 Å². The Labute approximate surface area is 90.6 Å². The van der Waals surface area contributed by atoms with Crippen molar-refractivity contribution < 1.29 is 4.74 Å². The Morgan fingerprint density at radius 2 is 2.33 bits per heavy atom. The highest BCUT2D eigenvalue weighted by Gasteiger charge is 2.21. The largest absolute Gasteiger partial charge is 0.376 e. The van der Waals surface area contributed by atoms with E-state index < -0.39 is 0 Å². The van der Waals surface area contributed by atoms with Crippen LogP contribution in [-0.4, -0.2) is 13.2 Å². The monoisotopic (exact) mass is 203 g/mol. The van der Waals surface area contributed by atoms with E-state index in [0.29, 0.717) is 6.04 Å². The molecule has 2 heteroatoms. The summed E-state index contributed by atoms with van der Waals surface area (Å²) in [6.07, 6.45) is 3.65. The summed E-state index contributed by atoms with van der Waals surface area (Å²) in [6, 6.07) is 7.27. The van der Waals surface area contributed by atoms with Gasteiger partial charge in [0.2, 0.25) is 0 Å². The van der Waals surface area contributed by atoms with Crippen molar-refractivity contribution in [2.75, 3.05) is 13.2 Å². The molecule has 0 radical (unpaired) electrons.